The molecule has 0 aliphatic carbocycles. The van der Waals surface area contributed by atoms with E-state index in [-0.39, 0.29) is 35.4 Å². The molecule has 11 heteroatoms. The van der Waals surface area contributed by atoms with Gasteiger partial charge in [-0.1, -0.05) is 20.8 Å². The molecule has 0 spiro atoms. The number of halogens is 3. The van der Waals surface area contributed by atoms with E-state index in [4.69, 9.17) is 9.47 Å². The van der Waals surface area contributed by atoms with Gasteiger partial charge >= 0.3 is 5.69 Å². The average Bonchev–Trinajstić information content (AvgIpc) is 2.94. The summed E-state index contributed by atoms with van der Waals surface area (Å²) in [5, 5.41) is 0.255. The first-order chi connectivity index (χ1) is 20.0. The smallest absolute Gasteiger partial charge is 0.356 e. The van der Waals surface area contributed by atoms with Gasteiger partial charge in [0.2, 0.25) is 0 Å². The standard InChI is InChI=1S/C31H32F3N5O3/c1-15(2)25-27-23(10-11-35-25)42-18(5)14-41-28-21(33)9-8-20(32)24(28)26-22(34)12-19-29(37-31(40)39(27)30(19)36-26)38-13-16(3)6-7-17(38)4/h8-12,15-18H,6-7,13-14H2,1-5H3/t16-,17-,18-/m0/s1. The molecule has 3 aromatic heterocycles. The van der Waals surface area contributed by atoms with Crippen LogP contribution in [0.5, 0.6) is 11.5 Å². The summed E-state index contributed by atoms with van der Waals surface area (Å²) in [4.78, 5) is 29.7. The molecule has 0 unspecified atom stereocenters. The van der Waals surface area contributed by atoms with E-state index in [0.717, 1.165) is 25.0 Å². The Morgan fingerprint density at radius 3 is 2.52 bits per heavy atom. The number of piperidine rings is 1. The quantitative estimate of drug-likeness (QED) is 0.281. The molecule has 2 bridgehead atoms. The Labute approximate surface area is 241 Å². The summed E-state index contributed by atoms with van der Waals surface area (Å²) in [6, 6.07) is 4.65. The topological polar surface area (TPSA) is 82.4 Å². The molecule has 0 N–H and O–H groups in total. The molecule has 6 rings (SSSR count). The van der Waals surface area contributed by atoms with Gasteiger partial charge < -0.3 is 14.4 Å². The van der Waals surface area contributed by atoms with Crippen molar-refractivity contribution in [1.29, 1.82) is 0 Å². The Balaban J connectivity index is 1.78. The normalized spacial score (nSPS) is 20.4. The fraction of sp³-hybridized carbons (Fsp3) is 0.419. The van der Waals surface area contributed by atoms with Crippen LogP contribution in [-0.4, -0.2) is 44.8 Å². The molecule has 220 valence electrons. The molecule has 5 heterocycles. The molecule has 1 aromatic carbocycles. The Morgan fingerprint density at radius 1 is 1.00 bits per heavy atom. The van der Waals surface area contributed by atoms with Crippen molar-refractivity contribution < 1.29 is 22.6 Å². The van der Waals surface area contributed by atoms with Gasteiger partial charge in [0.1, 0.15) is 41.5 Å². The minimum absolute atomic E-state index is 0.0226. The molecule has 2 aliphatic heterocycles. The molecule has 2 aliphatic rings. The number of pyridine rings is 2. The number of nitrogens with zero attached hydrogens (tertiary/aromatic N) is 5. The highest BCUT2D eigenvalue weighted by Crippen LogP contribution is 2.40. The minimum atomic E-state index is -0.922. The molecule has 1 fully saturated rings. The highest BCUT2D eigenvalue weighted by Gasteiger charge is 2.32. The molecule has 4 aromatic rings. The van der Waals surface area contributed by atoms with Gasteiger partial charge in [-0.05, 0) is 56.7 Å². The van der Waals surface area contributed by atoms with E-state index >= 15 is 13.2 Å². The lowest BCUT2D eigenvalue weighted by atomic mass is 9.95. The van der Waals surface area contributed by atoms with Crippen LogP contribution in [0.3, 0.4) is 0 Å². The summed E-state index contributed by atoms with van der Waals surface area (Å²) >= 11 is 0. The van der Waals surface area contributed by atoms with E-state index in [9.17, 15) is 4.79 Å². The molecule has 0 saturated carbocycles. The van der Waals surface area contributed by atoms with Crippen molar-refractivity contribution in [2.75, 3.05) is 18.1 Å². The van der Waals surface area contributed by atoms with Crippen molar-refractivity contribution in [3.63, 3.8) is 0 Å². The zero-order valence-corrected chi connectivity index (χ0v) is 24.1. The van der Waals surface area contributed by atoms with E-state index in [1.807, 2.05) is 25.7 Å². The number of ether oxygens (including phenoxy) is 2. The third kappa shape index (κ3) is 4.64. The van der Waals surface area contributed by atoms with Gasteiger partial charge in [0.05, 0.1) is 16.6 Å². The molecular formula is C31H32F3N5O3. The van der Waals surface area contributed by atoms with Gasteiger partial charge in [0.25, 0.3) is 0 Å². The molecule has 0 amide bonds. The number of hydrogen-bond acceptors (Lipinski definition) is 7. The van der Waals surface area contributed by atoms with Gasteiger partial charge in [-0.2, -0.15) is 4.98 Å². The van der Waals surface area contributed by atoms with Gasteiger partial charge in [0.15, 0.2) is 23.0 Å². The fourth-order valence-electron chi connectivity index (χ4n) is 5.83. The number of fused-ring (bicyclic) bond motifs is 5. The van der Waals surface area contributed by atoms with Crippen LogP contribution in [0.2, 0.25) is 0 Å². The summed E-state index contributed by atoms with van der Waals surface area (Å²) in [7, 11) is 0. The maximum Gasteiger partial charge on any atom is 0.356 e. The first-order valence-electron chi connectivity index (χ1n) is 14.2. The van der Waals surface area contributed by atoms with Crippen LogP contribution in [0.4, 0.5) is 19.0 Å². The summed E-state index contributed by atoms with van der Waals surface area (Å²) in [6.07, 6.45) is 2.78. The lowest BCUT2D eigenvalue weighted by molar-refractivity contribution is 0.139. The SMILES string of the molecule is CC(C)c1nccc2c1-n1c(=O)nc(N3C[C@@H](C)CC[C@@H]3C)c3cc(F)c(nc31)-c1c(F)ccc(F)c1OC[C@H](C)O2. The third-order valence-electron chi connectivity index (χ3n) is 7.96. The first-order valence-corrected chi connectivity index (χ1v) is 14.2. The summed E-state index contributed by atoms with van der Waals surface area (Å²) in [5.74, 6) is -2.44. The van der Waals surface area contributed by atoms with E-state index in [2.05, 4.69) is 21.9 Å². The van der Waals surface area contributed by atoms with Crippen molar-refractivity contribution in [1.82, 2.24) is 19.5 Å². The number of hydrogen-bond donors (Lipinski definition) is 0. The predicted molar refractivity (Wildman–Crippen MR) is 153 cm³/mol. The zero-order valence-electron chi connectivity index (χ0n) is 24.1. The maximum absolute atomic E-state index is 16.1. The van der Waals surface area contributed by atoms with E-state index in [0.29, 0.717) is 29.6 Å². The largest absolute Gasteiger partial charge is 0.486 e. The lowest BCUT2D eigenvalue weighted by Gasteiger charge is -2.38. The minimum Gasteiger partial charge on any atom is -0.486 e. The van der Waals surface area contributed by atoms with Crippen LogP contribution >= 0.6 is 0 Å². The molecule has 0 radical (unpaired) electrons. The van der Waals surface area contributed by atoms with Crippen molar-refractivity contribution in [3.8, 4) is 28.4 Å². The summed E-state index contributed by atoms with van der Waals surface area (Å²) in [5.41, 5.74) is -0.775. The van der Waals surface area contributed by atoms with Crippen molar-refractivity contribution >= 4 is 16.9 Å². The van der Waals surface area contributed by atoms with E-state index < -0.39 is 46.3 Å². The van der Waals surface area contributed by atoms with Crippen LogP contribution < -0.4 is 20.1 Å². The van der Waals surface area contributed by atoms with Crippen LogP contribution in [0, 0.1) is 23.4 Å². The van der Waals surface area contributed by atoms with Gasteiger partial charge in [-0.15, -0.1) is 0 Å². The Bertz CT molecular complexity index is 1760. The second-order valence-electron chi connectivity index (χ2n) is 11.6. The Hall–Kier alpha value is -4.15. The summed E-state index contributed by atoms with van der Waals surface area (Å²) < 4.78 is 59.7. The Morgan fingerprint density at radius 2 is 1.76 bits per heavy atom. The van der Waals surface area contributed by atoms with Crippen molar-refractivity contribution in [2.24, 2.45) is 5.92 Å². The third-order valence-corrected chi connectivity index (χ3v) is 7.96. The lowest BCUT2D eigenvalue weighted by Crippen LogP contribution is -2.43. The number of benzene rings is 1. The number of rotatable bonds is 2. The van der Waals surface area contributed by atoms with Crippen LogP contribution in [0.15, 0.2) is 35.3 Å². The fourth-order valence-corrected chi connectivity index (χ4v) is 5.83. The molecule has 42 heavy (non-hydrogen) atoms. The zero-order chi connectivity index (χ0) is 29.9. The number of aromatic nitrogens is 4. The highest BCUT2D eigenvalue weighted by atomic mass is 19.1. The number of anilines is 1. The first kappa shape index (κ1) is 28.0. The second kappa shape index (κ2) is 10.6. The average molecular weight is 580 g/mol. The Kier molecular flexibility index (Phi) is 7.06. The van der Waals surface area contributed by atoms with Crippen molar-refractivity contribution in [3.05, 3.63) is 64.1 Å². The molecular weight excluding hydrogens is 547 g/mol. The van der Waals surface area contributed by atoms with E-state index in [1.165, 1.54) is 10.6 Å². The highest BCUT2D eigenvalue weighted by molar-refractivity contribution is 5.91. The van der Waals surface area contributed by atoms with Crippen LogP contribution in [0.1, 0.15) is 59.1 Å². The molecule has 8 nitrogen and oxygen atoms in total. The maximum atomic E-state index is 16.1. The monoisotopic (exact) mass is 579 g/mol. The second-order valence-corrected chi connectivity index (χ2v) is 11.6. The van der Waals surface area contributed by atoms with Crippen LogP contribution in [0.25, 0.3) is 28.0 Å². The molecule has 1 saturated heterocycles. The van der Waals surface area contributed by atoms with Gasteiger partial charge in [0, 0.05) is 24.8 Å². The van der Waals surface area contributed by atoms with Crippen molar-refractivity contribution in [2.45, 2.75) is 65.5 Å². The van der Waals surface area contributed by atoms with Gasteiger partial charge in [-0.3, -0.25) is 4.98 Å². The van der Waals surface area contributed by atoms with E-state index in [1.54, 1.807) is 19.2 Å². The van der Waals surface area contributed by atoms with Crippen LogP contribution in [-0.2, 0) is 0 Å². The summed E-state index contributed by atoms with van der Waals surface area (Å²) in [6.45, 7) is 10.1. The predicted octanol–water partition coefficient (Wildman–Crippen LogP) is 6.17. The molecule has 3 atom stereocenters. The van der Waals surface area contributed by atoms with Gasteiger partial charge in [-0.25, -0.2) is 27.5 Å².